The molecule has 0 amide bonds. The van der Waals surface area contributed by atoms with Gasteiger partial charge in [0.25, 0.3) is 0 Å². The number of hydrogen-bond donors (Lipinski definition) is 0. The van der Waals surface area contributed by atoms with Crippen LogP contribution >= 0.6 is 0 Å². The van der Waals surface area contributed by atoms with Gasteiger partial charge in [0.1, 0.15) is 12.4 Å². The number of para-hydroxylation sites is 1. The van der Waals surface area contributed by atoms with Gasteiger partial charge in [-0.1, -0.05) is 48.5 Å². The maximum absolute atomic E-state index is 13.2. The largest absolute Gasteiger partial charge is 0.408 e. The first-order chi connectivity index (χ1) is 11.8. The van der Waals surface area contributed by atoms with Crippen molar-refractivity contribution in [2.24, 2.45) is 0 Å². The van der Waals surface area contributed by atoms with E-state index in [9.17, 15) is 4.39 Å². The Kier molecular flexibility index (Phi) is 3.75. The minimum atomic E-state index is -0.244. The molecule has 0 fully saturated rings. The maximum atomic E-state index is 13.2. The highest BCUT2D eigenvalue weighted by atomic mass is 19.1. The molecule has 0 aliphatic heterocycles. The second kappa shape index (κ2) is 6.20. The molecule has 3 aromatic carbocycles. The lowest BCUT2D eigenvalue weighted by Gasteiger charge is -2.13. The number of benzene rings is 3. The summed E-state index contributed by atoms with van der Waals surface area (Å²) in [4.78, 5) is 6.08. The van der Waals surface area contributed by atoms with Crippen LogP contribution in [0.3, 0.4) is 0 Å². The SMILES string of the molecule is Fc1ccc(-c2cc3ccccc3n2OCc2ccccc2)cc1. The molecule has 1 heterocycles. The first-order valence-electron chi connectivity index (χ1n) is 7.85. The molecule has 0 N–H and O–H groups in total. The third-order valence-corrected chi connectivity index (χ3v) is 4.01. The van der Waals surface area contributed by atoms with E-state index in [1.807, 2.05) is 59.3 Å². The van der Waals surface area contributed by atoms with E-state index in [-0.39, 0.29) is 5.82 Å². The summed E-state index contributed by atoms with van der Waals surface area (Å²) < 4.78 is 15.1. The number of halogens is 1. The van der Waals surface area contributed by atoms with Crippen molar-refractivity contribution in [1.82, 2.24) is 4.73 Å². The van der Waals surface area contributed by atoms with E-state index < -0.39 is 0 Å². The van der Waals surface area contributed by atoms with Crippen molar-refractivity contribution < 1.29 is 9.23 Å². The number of hydrogen-bond acceptors (Lipinski definition) is 1. The molecule has 1 aromatic heterocycles. The average molecular weight is 317 g/mol. The molecule has 2 nitrogen and oxygen atoms in total. The van der Waals surface area contributed by atoms with E-state index in [4.69, 9.17) is 4.84 Å². The van der Waals surface area contributed by atoms with Crippen molar-refractivity contribution in [1.29, 1.82) is 0 Å². The summed E-state index contributed by atoms with van der Waals surface area (Å²) in [7, 11) is 0. The fourth-order valence-corrected chi connectivity index (χ4v) is 2.80. The molecule has 0 radical (unpaired) electrons. The average Bonchev–Trinajstić information content (AvgIpc) is 3.00. The molecule has 0 aliphatic carbocycles. The van der Waals surface area contributed by atoms with E-state index in [2.05, 4.69) is 6.07 Å². The predicted octanol–water partition coefficient (Wildman–Crippen LogP) is 5.08. The zero-order valence-electron chi connectivity index (χ0n) is 13.0. The zero-order chi connectivity index (χ0) is 16.4. The summed E-state index contributed by atoms with van der Waals surface area (Å²) in [5.41, 5.74) is 3.92. The van der Waals surface area contributed by atoms with E-state index >= 15 is 0 Å². The quantitative estimate of drug-likeness (QED) is 0.512. The number of rotatable bonds is 4. The van der Waals surface area contributed by atoms with Crippen LogP contribution < -0.4 is 4.84 Å². The normalized spacial score (nSPS) is 10.9. The maximum Gasteiger partial charge on any atom is 0.140 e. The van der Waals surface area contributed by atoms with Gasteiger partial charge in [0.2, 0.25) is 0 Å². The highest BCUT2D eigenvalue weighted by molar-refractivity contribution is 5.86. The Morgan fingerprint density at radius 1 is 0.792 bits per heavy atom. The van der Waals surface area contributed by atoms with E-state index in [0.29, 0.717) is 6.61 Å². The standard InChI is InChI=1S/C21H16FNO/c22-19-12-10-17(11-13-19)21-14-18-8-4-5-9-20(18)23(21)24-15-16-6-2-1-3-7-16/h1-14H,15H2. The molecule has 0 atom stereocenters. The number of fused-ring (bicyclic) bond motifs is 1. The van der Waals surface area contributed by atoms with E-state index in [1.54, 1.807) is 12.1 Å². The third-order valence-electron chi connectivity index (χ3n) is 4.01. The molecule has 4 rings (SSSR count). The van der Waals surface area contributed by atoms with Crippen LogP contribution in [-0.2, 0) is 6.61 Å². The van der Waals surface area contributed by atoms with Crippen LogP contribution in [0.2, 0.25) is 0 Å². The molecule has 0 spiro atoms. The Hall–Kier alpha value is -3.07. The lowest BCUT2D eigenvalue weighted by Crippen LogP contribution is -2.12. The van der Waals surface area contributed by atoms with Gasteiger partial charge in [-0.05, 0) is 42.0 Å². The number of nitrogens with zero attached hydrogens (tertiary/aromatic N) is 1. The molecule has 4 aromatic rings. The Balaban J connectivity index is 1.77. The predicted molar refractivity (Wildman–Crippen MR) is 94.1 cm³/mol. The van der Waals surface area contributed by atoms with Crippen molar-refractivity contribution in [2.45, 2.75) is 6.61 Å². The molecular formula is C21H16FNO. The van der Waals surface area contributed by atoms with Crippen molar-refractivity contribution >= 4 is 10.9 Å². The molecule has 0 saturated carbocycles. The lowest BCUT2D eigenvalue weighted by molar-refractivity contribution is 0.111. The van der Waals surface area contributed by atoms with Gasteiger partial charge in [0.05, 0.1) is 11.2 Å². The first-order valence-corrected chi connectivity index (χ1v) is 7.85. The van der Waals surface area contributed by atoms with Crippen molar-refractivity contribution in [3.05, 3.63) is 96.3 Å². The molecule has 24 heavy (non-hydrogen) atoms. The van der Waals surface area contributed by atoms with Crippen LogP contribution in [0.25, 0.3) is 22.2 Å². The van der Waals surface area contributed by atoms with Gasteiger partial charge in [-0.2, -0.15) is 4.73 Å². The van der Waals surface area contributed by atoms with Crippen LogP contribution in [0, 0.1) is 5.82 Å². The number of aromatic nitrogens is 1. The molecular weight excluding hydrogens is 301 g/mol. The van der Waals surface area contributed by atoms with Crippen molar-refractivity contribution in [3.8, 4) is 11.3 Å². The highest BCUT2D eigenvalue weighted by Crippen LogP contribution is 2.27. The third kappa shape index (κ3) is 2.76. The van der Waals surface area contributed by atoms with Gasteiger partial charge in [-0.25, -0.2) is 4.39 Å². The molecule has 118 valence electrons. The smallest absolute Gasteiger partial charge is 0.140 e. The Bertz CT molecular complexity index is 958. The van der Waals surface area contributed by atoms with Gasteiger partial charge in [0, 0.05) is 10.9 Å². The summed E-state index contributed by atoms with van der Waals surface area (Å²) >= 11 is 0. The second-order valence-corrected chi connectivity index (χ2v) is 5.65. The summed E-state index contributed by atoms with van der Waals surface area (Å²) in [5.74, 6) is -0.244. The fraction of sp³-hybridized carbons (Fsp3) is 0.0476. The minimum Gasteiger partial charge on any atom is -0.408 e. The van der Waals surface area contributed by atoms with Crippen LogP contribution in [0.1, 0.15) is 5.56 Å². The van der Waals surface area contributed by atoms with Crippen LogP contribution in [0.15, 0.2) is 84.9 Å². The van der Waals surface area contributed by atoms with E-state index in [0.717, 1.165) is 27.7 Å². The zero-order valence-corrected chi connectivity index (χ0v) is 13.0. The van der Waals surface area contributed by atoms with E-state index in [1.165, 1.54) is 12.1 Å². The first kappa shape index (κ1) is 14.5. The molecule has 0 unspecified atom stereocenters. The Morgan fingerprint density at radius 2 is 1.50 bits per heavy atom. The minimum absolute atomic E-state index is 0.244. The van der Waals surface area contributed by atoms with Gasteiger partial charge in [-0.3, -0.25) is 0 Å². The van der Waals surface area contributed by atoms with Crippen LogP contribution in [-0.4, -0.2) is 4.73 Å². The Labute approximate surface area is 139 Å². The lowest BCUT2D eigenvalue weighted by atomic mass is 10.1. The van der Waals surface area contributed by atoms with Crippen LogP contribution in [0.4, 0.5) is 4.39 Å². The topological polar surface area (TPSA) is 14.2 Å². The molecule has 0 aliphatic rings. The molecule has 0 saturated heterocycles. The van der Waals surface area contributed by atoms with Crippen molar-refractivity contribution in [2.75, 3.05) is 0 Å². The highest BCUT2D eigenvalue weighted by Gasteiger charge is 2.12. The Morgan fingerprint density at radius 3 is 2.29 bits per heavy atom. The summed E-state index contributed by atoms with van der Waals surface area (Å²) in [5, 5.41) is 1.09. The molecule has 3 heteroatoms. The van der Waals surface area contributed by atoms with Crippen LogP contribution in [0.5, 0.6) is 0 Å². The monoisotopic (exact) mass is 317 g/mol. The summed E-state index contributed by atoms with van der Waals surface area (Å²) in [6.45, 7) is 0.466. The summed E-state index contributed by atoms with van der Waals surface area (Å²) in [6.07, 6.45) is 0. The van der Waals surface area contributed by atoms with Gasteiger partial charge >= 0.3 is 0 Å². The van der Waals surface area contributed by atoms with Gasteiger partial charge in [-0.15, -0.1) is 0 Å². The second-order valence-electron chi connectivity index (χ2n) is 5.65. The van der Waals surface area contributed by atoms with Gasteiger partial charge < -0.3 is 4.84 Å². The summed E-state index contributed by atoms with van der Waals surface area (Å²) in [6, 6.07) is 26.6. The van der Waals surface area contributed by atoms with Gasteiger partial charge in [0.15, 0.2) is 0 Å². The van der Waals surface area contributed by atoms with Crippen molar-refractivity contribution in [3.63, 3.8) is 0 Å². The molecule has 0 bridgehead atoms. The fourth-order valence-electron chi connectivity index (χ4n) is 2.80.